The van der Waals surface area contributed by atoms with Crippen LogP contribution in [0.25, 0.3) is 0 Å². The van der Waals surface area contributed by atoms with E-state index in [1.54, 1.807) is 16.4 Å². The Balaban J connectivity index is 0.00000242. The minimum absolute atomic E-state index is 0. The predicted molar refractivity (Wildman–Crippen MR) is 93.1 cm³/mol. The van der Waals surface area contributed by atoms with Gasteiger partial charge in [-0.3, -0.25) is 0 Å². The number of hydrogen-bond acceptors (Lipinski definition) is 3. The second-order valence-electron chi connectivity index (χ2n) is 5.66. The molecule has 1 fully saturated rings. The molecule has 1 saturated heterocycles. The standard InChI is InChI=1S/C16H26N2O2S.ClH/c1-3-5-14-6-8-16(9-7-14)21(19,20)18(12-4-2)15-10-11-17-13-15;/h6-9,15,17H,3-5,10-13H2,1-2H3;1H. The van der Waals surface area contributed by atoms with Gasteiger partial charge in [0.15, 0.2) is 0 Å². The molecule has 1 atom stereocenters. The molecule has 1 aromatic carbocycles. The summed E-state index contributed by atoms with van der Waals surface area (Å²) < 4.78 is 27.4. The molecule has 1 heterocycles. The van der Waals surface area contributed by atoms with Crippen LogP contribution in [0.1, 0.15) is 38.7 Å². The molecule has 0 radical (unpaired) electrons. The summed E-state index contributed by atoms with van der Waals surface area (Å²) in [6.07, 6.45) is 3.80. The van der Waals surface area contributed by atoms with E-state index in [1.165, 1.54) is 5.56 Å². The molecule has 0 spiro atoms. The lowest BCUT2D eigenvalue weighted by Crippen LogP contribution is -2.41. The van der Waals surface area contributed by atoms with Crippen LogP contribution in [-0.2, 0) is 16.4 Å². The lowest BCUT2D eigenvalue weighted by atomic mass is 10.1. The van der Waals surface area contributed by atoms with Crippen molar-refractivity contribution in [3.8, 4) is 0 Å². The predicted octanol–water partition coefficient (Wildman–Crippen LogP) is 2.82. The van der Waals surface area contributed by atoms with Crippen molar-refractivity contribution in [2.45, 2.75) is 50.5 Å². The van der Waals surface area contributed by atoms with Crippen molar-refractivity contribution < 1.29 is 8.42 Å². The Hall–Kier alpha value is -0.620. The van der Waals surface area contributed by atoms with Gasteiger partial charge in [-0.25, -0.2) is 8.42 Å². The van der Waals surface area contributed by atoms with Gasteiger partial charge in [0.05, 0.1) is 4.90 Å². The normalized spacial score (nSPS) is 18.4. The number of aryl methyl sites for hydroxylation is 1. The summed E-state index contributed by atoms with van der Waals surface area (Å²) in [6.45, 7) is 6.39. The number of nitrogens with one attached hydrogen (secondary N) is 1. The summed E-state index contributed by atoms with van der Waals surface area (Å²) in [7, 11) is -3.39. The van der Waals surface area contributed by atoms with Crippen LogP contribution in [-0.4, -0.2) is 38.4 Å². The summed E-state index contributed by atoms with van der Waals surface area (Å²) in [4.78, 5) is 0.419. The average Bonchev–Trinajstić information content (AvgIpc) is 2.99. The van der Waals surface area contributed by atoms with Gasteiger partial charge in [-0.2, -0.15) is 4.31 Å². The highest BCUT2D eigenvalue weighted by atomic mass is 35.5. The Morgan fingerprint density at radius 2 is 1.86 bits per heavy atom. The molecular weight excluding hydrogens is 320 g/mol. The van der Waals surface area contributed by atoms with Crippen LogP contribution in [0.5, 0.6) is 0 Å². The third kappa shape index (κ3) is 4.44. The molecule has 1 N–H and O–H groups in total. The van der Waals surface area contributed by atoms with Crippen molar-refractivity contribution >= 4 is 22.4 Å². The van der Waals surface area contributed by atoms with E-state index in [2.05, 4.69) is 12.2 Å². The fourth-order valence-electron chi connectivity index (χ4n) is 2.86. The van der Waals surface area contributed by atoms with Crippen molar-refractivity contribution in [3.63, 3.8) is 0 Å². The highest BCUT2D eigenvalue weighted by molar-refractivity contribution is 7.89. The van der Waals surface area contributed by atoms with Crippen molar-refractivity contribution in [1.82, 2.24) is 9.62 Å². The van der Waals surface area contributed by atoms with Crippen LogP contribution in [0, 0.1) is 0 Å². The Labute approximate surface area is 140 Å². The van der Waals surface area contributed by atoms with Gasteiger partial charge in [-0.05, 0) is 43.5 Å². The molecule has 2 rings (SSSR count). The fraction of sp³-hybridized carbons (Fsp3) is 0.625. The SMILES string of the molecule is CCCc1ccc(S(=O)(=O)N(CCC)C2CCNC2)cc1.Cl. The first kappa shape index (κ1) is 19.4. The van der Waals surface area contributed by atoms with Gasteiger partial charge >= 0.3 is 0 Å². The minimum Gasteiger partial charge on any atom is -0.315 e. The number of hydrogen-bond donors (Lipinski definition) is 1. The maximum absolute atomic E-state index is 12.9. The molecule has 1 unspecified atom stereocenters. The largest absolute Gasteiger partial charge is 0.315 e. The highest BCUT2D eigenvalue weighted by Crippen LogP contribution is 2.22. The van der Waals surface area contributed by atoms with E-state index in [1.807, 2.05) is 19.1 Å². The molecule has 6 heteroatoms. The minimum atomic E-state index is -3.39. The summed E-state index contributed by atoms with van der Waals surface area (Å²) in [5.41, 5.74) is 1.20. The zero-order valence-electron chi connectivity index (χ0n) is 13.4. The summed E-state index contributed by atoms with van der Waals surface area (Å²) in [6, 6.07) is 7.47. The van der Waals surface area contributed by atoms with Gasteiger partial charge in [0, 0.05) is 19.1 Å². The van der Waals surface area contributed by atoms with Crippen LogP contribution in [0.4, 0.5) is 0 Å². The van der Waals surface area contributed by atoms with Crippen LogP contribution in [0.3, 0.4) is 0 Å². The van der Waals surface area contributed by atoms with E-state index in [9.17, 15) is 8.42 Å². The van der Waals surface area contributed by atoms with Crippen molar-refractivity contribution in [2.24, 2.45) is 0 Å². The maximum Gasteiger partial charge on any atom is 0.243 e. The number of sulfonamides is 1. The number of benzene rings is 1. The molecule has 0 bridgehead atoms. The van der Waals surface area contributed by atoms with Gasteiger partial charge < -0.3 is 5.32 Å². The summed E-state index contributed by atoms with van der Waals surface area (Å²) >= 11 is 0. The molecule has 0 saturated carbocycles. The Morgan fingerprint density at radius 3 is 2.36 bits per heavy atom. The van der Waals surface area contributed by atoms with Gasteiger partial charge in [0.25, 0.3) is 0 Å². The summed E-state index contributed by atoms with van der Waals surface area (Å²) in [5, 5.41) is 3.25. The Morgan fingerprint density at radius 1 is 1.18 bits per heavy atom. The van der Waals surface area contributed by atoms with Crippen LogP contribution < -0.4 is 5.32 Å². The van der Waals surface area contributed by atoms with Gasteiger partial charge in [0.1, 0.15) is 0 Å². The zero-order valence-corrected chi connectivity index (χ0v) is 15.0. The molecule has 126 valence electrons. The number of nitrogens with zero attached hydrogens (tertiary/aromatic N) is 1. The third-order valence-electron chi connectivity index (χ3n) is 3.95. The molecular formula is C16H27ClN2O2S. The Kier molecular flexibility index (Phi) is 7.83. The van der Waals surface area contributed by atoms with Gasteiger partial charge in [0.2, 0.25) is 10.0 Å². The summed E-state index contributed by atoms with van der Waals surface area (Å²) in [5.74, 6) is 0. The van der Waals surface area contributed by atoms with Crippen LogP contribution >= 0.6 is 12.4 Å². The van der Waals surface area contributed by atoms with Crippen LogP contribution in [0.2, 0.25) is 0 Å². The quantitative estimate of drug-likeness (QED) is 0.825. The highest BCUT2D eigenvalue weighted by Gasteiger charge is 2.32. The van der Waals surface area contributed by atoms with Crippen molar-refractivity contribution in [2.75, 3.05) is 19.6 Å². The van der Waals surface area contributed by atoms with Crippen molar-refractivity contribution in [3.05, 3.63) is 29.8 Å². The number of halogens is 1. The molecule has 1 aliphatic heterocycles. The molecule has 1 aromatic rings. The van der Waals surface area contributed by atoms with Crippen molar-refractivity contribution in [1.29, 1.82) is 0 Å². The lowest BCUT2D eigenvalue weighted by Gasteiger charge is -2.27. The van der Waals surface area contributed by atoms with E-state index in [0.717, 1.165) is 38.8 Å². The van der Waals surface area contributed by atoms with Gasteiger partial charge in [-0.15, -0.1) is 12.4 Å². The van der Waals surface area contributed by atoms with E-state index >= 15 is 0 Å². The fourth-order valence-corrected chi connectivity index (χ4v) is 4.60. The first-order valence-corrected chi connectivity index (χ1v) is 9.35. The van der Waals surface area contributed by atoms with Crippen LogP contribution in [0.15, 0.2) is 29.2 Å². The molecule has 0 aliphatic carbocycles. The molecule has 0 amide bonds. The lowest BCUT2D eigenvalue weighted by molar-refractivity contribution is 0.335. The van der Waals surface area contributed by atoms with E-state index in [4.69, 9.17) is 0 Å². The zero-order chi connectivity index (χ0) is 15.3. The monoisotopic (exact) mass is 346 g/mol. The number of rotatable bonds is 7. The molecule has 22 heavy (non-hydrogen) atoms. The first-order chi connectivity index (χ1) is 10.1. The topological polar surface area (TPSA) is 49.4 Å². The smallest absolute Gasteiger partial charge is 0.243 e. The molecule has 0 aromatic heterocycles. The van der Waals surface area contributed by atoms with E-state index in [0.29, 0.717) is 11.4 Å². The molecule has 1 aliphatic rings. The van der Waals surface area contributed by atoms with E-state index < -0.39 is 10.0 Å². The third-order valence-corrected chi connectivity index (χ3v) is 5.92. The average molecular weight is 347 g/mol. The van der Waals surface area contributed by atoms with E-state index in [-0.39, 0.29) is 18.4 Å². The Bertz CT molecular complexity index is 540. The second kappa shape index (κ2) is 8.87. The second-order valence-corrected chi connectivity index (χ2v) is 7.55. The maximum atomic E-state index is 12.9. The van der Waals surface area contributed by atoms with Gasteiger partial charge in [-0.1, -0.05) is 32.4 Å². The molecule has 4 nitrogen and oxygen atoms in total. The first-order valence-electron chi connectivity index (χ1n) is 7.91.